The van der Waals surface area contributed by atoms with E-state index < -0.39 is 27.4 Å². The summed E-state index contributed by atoms with van der Waals surface area (Å²) in [5.74, 6) is 6.03. The molecule has 0 saturated carbocycles. The number of hydrogen-bond acceptors (Lipinski definition) is 6. The van der Waals surface area contributed by atoms with Gasteiger partial charge in [-0.3, -0.25) is 0 Å². The van der Waals surface area contributed by atoms with Gasteiger partial charge in [-0.2, -0.15) is 0 Å². The van der Waals surface area contributed by atoms with Gasteiger partial charge in [0.1, 0.15) is 0 Å². The van der Waals surface area contributed by atoms with E-state index in [1.165, 1.54) is 0 Å². The molecule has 0 spiro atoms. The van der Waals surface area contributed by atoms with Crippen molar-refractivity contribution >= 4 is 20.1 Å². The minimum absolute atomic E-state index is 0.153. The second kappa shape index (κ2) is 6.71. The van der Waals surface area contributed by atoms with Crippen molar-refractivity contribution in [3.05, 3.63) is 0 Å². The van der Waals surface area contributed by atoms with Gasteiger partial charge in [-0.25, -0.2) is 0 Å². The fourth-order valence-corrected chi connectivity index (χ4v) is 11.9. The van der Waals surface area contributed by atoms with E-state index in [0.717, 1.165) is 12.8 Å². The first-order chi connectivity index (χ1) is 9.42. The van der Waals surface area contributed by atoms with Gasteiger partial charge in [0.2, 0.25) is 0 Å². The van der Waals surface area contributed by atoms with Crippen molar-refractivity contribution < 1.29 is 27.0 Å². The standard InChI is InChI=1S/C13H29I2N4O2/c1-7-9(8-2)11(3,4)13(16,17)12(5,6)21-10(20)15-14-19(15)18/h9H,7-8,16-18H2,1-6H3/q-1. The molecular weight excluding hydrogens is 498 g/mol. The number of carbonyl (C=O) groups is 1. The van der Waals surface area contributed by atoms with Crippen molar-refractivity contribution in [3.63, 3.8) is 0 Å². The number of rotatable bonds is 7. The monoisotopic (exact) mass is 527 g/mol. The summed E-state index contributed by atoms with van der Waals surface area (Å²) in [6.07, 6.45) is 1.98. The van der Waals surface area contributed by atoms with Gasteiger partial charge in [0.05, 0.1) is 0 Å². The molecule has 0 bridgehead atoms. The van der Waals surface area contributed by atoms with Crippen LogP contribution in [0.3, 0.4) is 0 Å². The molecule has 21 heavy (non-hydrogen) atoms. The van der Waals surface area contributed by atoms with Crippen LogP contribution in [0.1, 0.15) is 54.4 Å². The first-order valence-corrected chi connectivity index (χ1v) is 16.4. The third-order valence-electron chi connectivity index (χ3n) is 4.78. The van der Waals surface area contributed by atoms with Crippen LogP contribution in [0, 0.1) is 11.3 Å². The van der Waals surface area contributed by atoms with Crippen molar-refractivity contribution in [3.8, 4) is 0 Å². The van der Waals surface area contributed by atoms with E-state index in [-0.39, 0.29) is 26.9 Å². The summed E-state index contributed by atoms with van der Waals surface area (Å²) in [6, 6.07) is 0. The van der Waals surface area contributed by atoms with E-state index in [1.807, 2.05) is 13.8 Å². The Bertz CT molecular complexity index is 398. The van der Waals surface area contributed by atoms with E-state index in [1.54, 1.807) is 1.44 Å². The average molecular weight is 527 g/mol. The SMILES string of the molecule is CCC(CC)C(C)(C)C(N)(N)C(C)(C)OC(=O)I1[I-]N1N. The Labute approximate surface area is 142 Å². The summed E-state index contributed by atoms with van der Waals surface area (Å²) in [5.41, 5.74) is 10.6. The van der Waals surface area contributed by atoms with Crippen LogP contribution >= 0.6 is 16.1 Å². The van der Waals surface area contributed by atoms with Gasteiger partial charge in [0.15, 0.2) is 0 Å². The van der Waals surface area contributed by atoms with Crippen LogP contribution in [0.25, 0.3) is 0 Å². The number of nitrogens with zero attached hydrogens (tertiary/aromatic N) is 1. The minimum atomic E-state index is -1.80. The van der Waals surface area contributed by atoms with E-state index >= 15 is 0 Å². The molecule has 1 aliphatic heterocycles. The fraction of sp³-hybridized carbons (Fsp3) is 0.923. The van der Waals surface area contributed by atoms with E-state index in [9.17, 15) is 4.79 Å². The van der Waals surface area contributed by atoms with Crippen molar-refractivity contribution in [2.24, 2.45) is 28.6 Å². The van der Waals surface area contributed by atoms with Crippen LogP contribution in [-0.4, -0.2) is 16.7 Å². The number of hydrogen-bond donors (Lipinski definition) is 3. The van der Waals surface area contributed by atoms with Gasteiger partial charge in [0.25, 0.3) is 0 Å². The van der Waals surface area contributed by atoms with Crippen LogP contribution in [0.15, 0.2) is 0 Å². The van der Waals surface area contributed by atoms with Gasteiger partial charge in [-0.15, -0.1) is 0 Å². The predicted octanol–water partition coefficient (Wildman–Crippen LogP) is -0.493. The molecule has 0 aromatic heterocycles. The van der Waals surface area contributed by atoms with Crippen LogP contribution in [0.2, 0.25) is 0 Å². The van der Waals surface area contributed by atoms with E-state index in [2.05, 4.69) is 27.7 Å². The number of halogens is 2. The molecule has 1 saturated heterocycles. The average Bonchev–Trinajstić information content (AvgIpc) is 3.06. The first kappa shape index (κ1) is 19.8. The summed E-state index contributed by atoms with van der Waals surface area (Å²) >= 11 is -2.06. The molecule has 1 atom stereocenters. The molecule has 0 aromatic carbocycles. The number of hydrazine groups is 1. The maximum atomic E-state index is 12.2. The molecule has 0 aromatic rings. The summed E-state index contributed by atoms with van der Waals surface area (Å²) in [5, 5.41) is 0. The molecule has 8 heteroatoms. The van der Waals surface area contributed by atoms with Crippen LogP contribution in [0.5, 0.6) is 0 Å². The van der Waals surface area contributed by atoms with Gasteiger partial charge in [0, 0.05) is 0 Å². The maximum absolute atomic E-state index is 12.2. The van der Waals surface area contributed by atoms with Crippen molar-refractivity contribution in [2.45, 2.75) is 65.6 Å². The van der Waals surface area contributed by atoms with Crippen molar-refractivity contribution in [1.82, 2.24) is 1.44 Å². The topological polar surface area (TPSA) is 107 Å². The Balaban J connectivity index is 2.94. The molecule has 1 fully saturated rings. The molecule has 1 rings (SSSR count). The Kier molecular flexibility index (Phi) is 6.34. The molecule has 1 unspecified atom stereocenters. The second-order valence-electron chi connectivity index (χ2n) is 6.50. The third-order valence-corrected chi connectivity index (χ3v) is 17.1. The summed E-state index contributed by atoms with van der Waals surface area (Å²) < 4.78 is 7.25. The molecule has 0 aliphatic carbocycles. The molecule has 0 amide bonds. The molecule has 1 heterocycles. The van der Waals surface area contributed by atoms with E-state index in [0.29, 0.717) is 5.92 Å². The Hall–Kier alpha value is 0.770. The van der Waals surface area contributed by atoms with E-state index in [4.69, 9.17) is 22.0 Å². The zero-order chi connectivity index (χ0) is 16.6. The number of nitrogens with two attached hydrogens (primary N) is 3. The summed E-state index contributed by atoms with van der Waals surface area (Å²) in [4.78, 5) is 12.2. The quantitative estimate of drug-likeness (QED) is 0.103. The van der Waals surface area contributed by atoms with Crippen molar-refractivity contribution in [2.75, 3.05) is 0 Å². The number of ether oxygens (including phenoxy) is 1. The third kappa shape index (κ3) is 3.82. The van der Waals surface area contributed by atoms with Gasteiger partial charge in [-0.05, 0) is 0 Å². The van der Waals surface area contributed by atoms with Crippen molar-refractivity contribution in [1.29, 1.82) is 0 Å². The van der Waals surface area contributed by atoms with Crippen LogP contribution in [0.4, 0.5) is 4.79 Å². The molecule has 6 nitrogen and oxygen atoms in total. The zero-order valence-corrected chi connectivity index (χ0v) is 18.1. The molecule has 0 radical (unpaired) electrons. The fourth-order valence-electron chi connectivity index (χ4n) is 2.88. The predicted molar refractivity (Wildman–Crippen MR) is 89.6 cm³/mol. The molecule has 1 aliphatic rings. The number of carbonyl (C=O) groups excluding carboxylic acids is 1. The second-order valence-corrected chi connectivity index (χ2v) is 20.6. The Morgan fingerprint density at radius 1 is 1.24 bits per heavy atom. The normalized spacial score (nSPS) is 22.0. The molecule has 6 N–H and O–H groups in total. The van der Waals surface area contributed by atoms with Gasteiger partial charge < -0.3 is 0 Å². The van der Waals surface area contributed by atoms with Crippen LogP contribution in [-0.2, 0) is 4.74 Å². The summed E-state index contributed by atoms with van der Waals surface area (Å²) in [6.45, 7) is 12.0. The van der Waals surface area contributed by atoms with Crippen LogP contribution < -0.4 is 34.8 Å². The van der Waals surface area contributed by atoms with Gasteiger partial charge in [-0.1, -0.05) is 0 Å². The molecule has 128 valence electrons. The zero-order valence-electron chi connectivity index (χ0n) is 13.7. The Morgan fingerprint density at radius 2 is 1.67 bits per heavy atom. The van der Waals surface area contributed by atoms with Gasteiger partial charge >= 0.3 is 143 Å². The first-order valence-electron chi connectivity index (χ1n) is 7.14. The molecular formula is C13H29I2N4O2-. The summed E-state index contributed by atoms with van der Waals surface area (Å²) in [7, 11) is 0. The Morgan fingerprint density at radius 3 is 2.00 bits per heavy atom.